The normalized spacial score (nSPS) is 20.4. The van der Waals surface area contributed by atoms with Crippen LogP contribution in [0, 0.1) is 6.92 Å². The van der Waals surface area contributed by atoms with Gasteiger partial charge in [-0.25, -0.2) is 4.98 Å². The number of carbonyl (C=O) groups excluding carboxylic acids is 1. The van der Waals surface area contributed by atoms with Crippen molar-refractivity contribution in [3.63, 3.8) is 0 Å². The smallest absolute Gasteiger partial charge is 0.222 e. The number of nitrogens with zero attached hydrogens (tertiary/aromatic N) is 3. The molecule has 1 saturated heterocycles. The van der Waals surface area contributed by atoms with Gasteiger partial charge >= 0.3 is 0 Å². The molecule has 0 unspecified atom stereocenters. The maximum Gasteiger partial charge on any atom is 0.222 e. The number of aryl methyl sites for hydroxylation is 2. The third-order valence-electron chi connectivity index (χ3n) is 4.43. The van der Waals surface area contributed by atoms with Gasteiger partial charge in [0.2, 0.25) is 5.91 Å². The van der Waals surface area contributed by atoms with Crippen molar-refractivity contribution < 1.29 is 4.79 Å². The number of aromatic nitrogens is 1. The van der Waals surface area contributed by atoms with E-state index in [1.54, 1.807) is 11.3 Å². The van der Waals surface area contributed by atoms with Crippen LogP contribution in [-0.4, -0.2) is 46.9 Å². The first-order valence-corrected chi connectivity index (χ1v) is 8.21. The van der Waals surface area contributed by atoms with E-state index in [1.165, 1.54) is 4.88 Å². The molecule has 0 aliphatic carbocycles. The van der Waals surface area contributed by atoms with Crippen molar-refractivity contribution in [2.24, 2.45) is 10.7 Å². The Morgan fingerprint density at radius 2 is 2.29 bits per heavy atom. The molecule has 1 spiro atoms. The fraction of sp³-hybridized carbons (Fsp3) is 0.643. The quantitative estimate of drug-likeness (QED) is 0.859. The molecule has 1 aromatic rings. The van der Waals surface area contributed by atoms with E-state index in [-0.39, 0.29) is 11.4 Å². The average molecular weight is 307 g/mol. The van der Waals surface area contributed by atoms with Gasteiger partial charge in [0.15, 0.2) is 5.96 Å². The molecule has 0 saturated carbocycles. The minimum atomic E-state index is -0.00484. The lowest BCUT2D eigenvalue weighted by molar-refractivity contribution is -0.132. The topological polar surface area (TPSA) is 83.6 Å². The van der Waals surface area contributed by atoms with Crippen LogP contribution in [-0.2, 0) is 11.2 Å². The van der Waals surface area contributed by atoms with Crippen LogP contribution in [0.15, 0.2) is 10.5 Å². The summed E-state index contributed by atoms with van der Waals surface area (Å²) >= 11 is 1.63. The summed E-state index contributed by atoms with van der Waals surface area (Å²) in [6.45, 7) is 4.31. The molecule has 3 N–H and O–H groups in total. The van der Waals surface area contributed by atoms with Crippen LogP contribution in [0.2, 0.25) is 0 Å². The summed E-state index contributed by atoms with van der Waals surface area (Å²) < 4.78 is 0. The molecule has 3 rings (SSSR count). The van der Waals surface area contributed by atoms with E-state index in [0.29, 0.717) is 12.4 Å². The highest BCUT2D eigenvalue weighted by molar-refractivity contribution is 7.09. The van der Waals surface area contributed by atoms with Crippen LogP contribution >= 0.6 is 11.3 Å². The third-order valence-corrected chi connectivity index (χ3v) is 5.42. The number of guanidine groups is 1. The summed E-state index contributed by atoms with van der Waals surface area (Å²) in [7, 11) is 0. The summed E-state index contributed by atoms with van der Waals surface area (Å²) in [5.74, 6) is 0.778. The van der Waals surface area contributed by atoms with E-state index in [4.69, 9.17) is 5.73 Å². The average Bonchev–Trinajstić information content (AvgIpc) is 3.04. The second-order valence-electron chi connectivity index (χ2n) is 5.85. The van der Waals surface area contributed by atoms with Crippen molar-refractivity contribution in [3.8, 4) is 0 Å². The number of aliphatic imine (C=N–C) groups is 1. The van der Waals surface area contributed by atoms with Gasteiger partial charge in [0.25, 0.3) is 0 Å². The van der Waals surface area contributed by atoms with Crippen molar-refractivity contribution >= 4 is 23.2 Å². The molecule has 114 valence electrons. The molecule has 6 nitrogen and oxygen atoms in total. The van der Waals surface area contributed by atoms with Crippen LogP contribution in [0.1, 0.15) is 29.8 Å². The highest BCUT2D eigenvalue weighted by atomic mass is 32.1. The Kier molecular flexibility index (Phi) is 3.84. The molecular formula is C14H21N5OS. The van der Waals surface area contributed by atoms with E-state index < -0.39 is 0 Å². The molecular weight excluding hydrogens is 286 g/mol. The van der Waals surface area contributed by atoms with Gasteiger partial charge < -0.3 is 16.0 Å². The number of nitrogens with one attached hydrogen (secondary N) is 1. The number of amides is 1. The predicted molar refractivity (Wildman–Crippen MR) is 83.3 cm³/mol. The Labute approximate surface area is 128 Å². The molecule has 0 bridgehead atoms. The fourth-order valence-electron chi connectivity index (χ4n) is 3.00. The third kappa shape index (κ3) is 3.02. The van der Waals surface area contributed by atoms with Gasteiger partial charge in [-0.05, 0) is 26.2 Å². The molecule has 1 fully saturated rings. The molecule has 1 amide bonds. The number of carbonyl (C=O) groups is 1. The summed E-state index contributed by atoms with van der Waals surface area (Å²) in [6.07, 6.45) is 3.21. The highest BCUT2D eigenvalue weighted by Gasteiger charge is 2.38. The number of nitrogens with two attached hydrogens (primary N) is 1. The predicted octanol–water partition coefficient (Wildman–Crippen LogP) is 0.663. The standard InChI is InChI=1S/C14H21N5OS/c1-10-11(21-9-17-10)2-3-12(20)19-6-4-14(5-7-19)8-16-13(15)18-14/h9H,2-8H2,1H3,(H3,15,16,18). The minimum absolute atomic E-state index is 0.00484. The van der Waals surface area contributed by atoms with Gasteiger partial charge in [0.05, 0.1) is 23.3 Å². The maximum absolute atomic E-state index is 12.3. The first kappa shape index (κ1) is 14.3. The minimum Gasteiger partial charge on any atom is -0.370 e. The SMILES string of the molecule is Cc1ncsc1CCC(=O)N1CCC2(CC1)CN=C(N)N2. The van der Waals surface area contributed by atoms with Crippen LogP contribution in [0.3, 0.4) is 0 Å². The fourth-order valence-corrected chi connectivity index (χ4v) is 3.78. The lowest BCUT2D eigenvalue weighted by Gasteiger charge is -2.39. The summed E-state index contributed by atoms with van der Waals surface area (Å²) in [6, 6.07) is 0. The van der Waals surface area contributed by atoms with Gasteiger partial charge in [-0.15, -0.1) is 11.3 Å². The molecule has 0 atom stereocenters. The van der Waals surface area contributed by atoms with Crippen LogP contribution < -0.4 is 11.1 Å². The van der Waals surface area contributed by atoms with Gasteiger partial charge in [0, 0.05) is 24.4 Å². The van der Waals surface area contributed by atoms with Gasteiger partial charge in [-0.1, -0.05) is 0 Å². The summed E-state index contributed by atoms with van der Waals surface area (Å²) in [4.78, 5) is 24.0. The molecule has 0 radical (unpaired) electrons. The summed E-state index contributed by atoms with van der Waals surface area (Å²) in [5.41, 5.74) is 8.59. The lowest BCUT2D eigenvalue weighted by Crippen LogP contribution is -2.55. The molecule has 7 heteroatoms. The lowest BCUT2D eigenvalue weighted by atomic mass is 9.88. The summed E-state index contributed by atoms with van der Waals surface area (Å²) in [5, 5.41) is 3.27. The van der Waals surface area contributed by atoms with Crippen molar-refractivity contribution in [2.75, 3.05) is 19.6 Å². The molecule has 2 aliphatic heterocycles. The Hall–Kier alpha value is -1.63. The Morgan fingerprint density at radius 1 is 1.52 bits per heavy atom. The van der Waals surface area contributed by atoms with Crippen LogP contribution in [0.5, 0.6) is 0 Å². The van der Waals surface area contributed by atoms with Crippen molar-refractivity contribution in [3.05, 3.63) is 16.1 Å². The monoisotopic (exact) mass is 307 g/mol. The number of thiazole rings is 1. The van der Waals surface area contributed by atoms with E-state index in [1.807, 2.05) is 17.3 Å². The van der Waals surface area contributed by atoms with E-state index in [2.05, 4.69) is 15.3 Å². The zero-order valence-electron chi connectivity index (χ0n) is 12.3. The number of piperidine rings is 1. The Balaban J connectivity index is 1.48. The number of likely N-dealkylation sites (tertiary alicyclic amines) is 1. The van der Waals surface area contributed by atoms with Crippen molar-refractivity contribution in [2.45, 2.75) is 38.1 Å². The first-order valence-electron chi connectivity index (χ1n) is 7.33. The zero-order chi connectivity index (χ0) is 14.9. The molecule has 1 aromatic heterocycles. The maximum atomic E-state index is 12.3. The number of rotatable bonds is 3. The van der Waals surface area contributed by atoms with Crippen molar-refractivity contribution in [1.82, 2.24) is 15.2 Å². The number of hydrogen-bond donors (Lipinski definition) is 2. The van der Waals surface area contributed by atoms with Crippen LogP contribution in [0.25, 0.3) is 0 Å². The van der Waals surface area contributed by atoms with Crippen molar-refractivity contribution in [1.29, 1.82) is 0 Å². The van der Waals surface area contributed by atoms with Crippen LogP contribution in [0.4, 0.5) is 0 Å². The second kappa shape index (κ2) is 5.63. The Bertz CT molecular complexity index is 559. The van der Waals surface area contributed by atoms with E-state index in [9.17, 15) is 4.79 Å². The van der Waals surface area contributed by atoms with Gasteiger partial charge in [-0.2, -0.15) is 0 Å². The Morgan fingerprint density at radius 3 is 2.86 bits per heavy atom. The molecule has 3 heterocycles. The largest absolute Gasteiger partial charge is 0.370 e. The molecule has 2 aliphatic rings. The van der Waals surface area contributed by atoms with E-state index >= 15 is 0 Å². The zero-order valence-corrected chi connectivity index (χ0v) is 13.1. The highest BCUT2D eigenvalue weighted by Crippen LogP contribution is 2.26. The second-order valence-corrected chi connectivity index (χ2v) is 6.79. The van der Waals surface area contributed by atoms with E-state index in [0.717, 1.165) is 44.6 Å². The molecule has 21 heavy (non-hydrogen) atoms. The number of hydrogen-bond acceptors (Lipinski definition) is 6. The first-order chi connectivity index (χ1) is 10.1. The molecule has 0 aromatic carbocycles. The van der Waals surface area contributed by atoms with Gasteiger partial charge in [0.1, 0.15) is 0 Å². The van der Waals surface area contributed by atoms with Gasteiger partial charge in [-0.3, -0.25) is 9.79 Å².